The number of aromatic nitrogens is 1. The van der Waals surface area contributed by atoms with Crippen LogP contribution in [-0.4, -0.2) is 30.3 Å². The number of nitrogens with one attached hydrogen (secondary N) is 1. The first-order valence-electron chi connectivity index (χ1n) is 6.40. The van der Waals surface area contributed by atoms with Gasteiger partial charge in [-0.25, -0.2) is 0 Å². The standard InChI is InChI=1S/C13H21N3O2/c1-3-17-12-10(14)5-6-11(16-12)15-9-13(2)7-4-8-18-13/h5-6H,3-4,7-9,14H2,1-2H3,(H,15,16). The monoisotopic (exact) mass is 251 g/mol. The molecule has 1 fully saturated rings. The highest BCUT2D eigenvalue weighted by Crippen LogP contribution is 2.26. The fourth-order valence-electron chi connectivity index (χ4n) is 2.06. The lowest BCUT2D eigenvalue weighted by atomic mass is 10.0. The van der Waals surface area contributed by atoms with E-state index in [0.29, 0.717) is 18.2 Å². The van der Waals surface area contributed by atoms with E-state index in [4.69, 9.17) is 15.2 Å². The first-order chi connectivity index (χ1) is 8.63. The summed E-state index contributed by atoms with van der Waals surface area (Å²) in [6.45, 7) is 6.18. The lowest BCUT2D eigenvalue weighted by Gasteiger charge is -2.23. The summed E-state index contributed by atoms with van der Waals surface area (Å²) < 4.78 is 11.1. The molecule has 1 saturated heterocycles. The molecule has 0 bridgehead atoms. The molecule has 0 saturated carbocycles. The quantitative estimate of drug-likeness (QED) is 0.838. The lowest BCUT2D eigenvalue weighted by Crippen LogP contribution is -2.32. The first-order valence-corrected chi connectivity index (χ1v) is 6.40. The molecule has 0 amide bonds. The summed E-state index contributed by atoms with van der Waals surface area (Å²) >= 11 is 0. The van der Waals surface area contributed by atoms with Crippen molar-refractivity contribution < 1.29 is 9.47 Å². The van der Waals surface area contributed by atoms with Gasteiger partial charge in [-0.3, -0.25) is 0 Å². The number of ether oxygens (including phenoxy) is 2. The zero-order chi connectivity index (χ0) is 13.0. The molecule has 18 heavy (non-hydrogen) atoms. The number of nitrogen functional groups attached to an aromatic ring is 1. The molecule has 100 valence electrons. The molecule has 0 aromatic carbocycles. The van der Waals surface area contributed by atoms with Crippen molar-refractivity contribution >= 4 is 11.5 Å². The van der Waals surface area contributed by atoms with Gasteiger partial charge in [-0.2, -0.15) is 4.98 Å². The van der Waals surface area contributed by atoms with E-state index < -0.39 is 0 Å². The normalized spacial score (nSPS) is 23.0. The van der Waals surface area contributed by atoms with Crippen molar-refractivity contribution in [3.05, 3.63) is 12.1 Å². The molecule has 1 aromatic rings. The van der Waals surface area contributed by atoms with E-state index in [2.05, 4.69) is 17.2 Å². The van der Waals surface area contributed by atoms with Gasteiger partial charge in [0.05, 0.1) is 17.9 Å². The molecule has 0 spiro atoms. The van der Waals surface area contributed by atoms with Gasteiger partial charge in [-0.15, -0.1) is 0 Å². The molecule has 1 atom stereocenters. The van der Waals surface area contributed by atoms with Crippen molar-refractivity contribution in [2.24, 2.45) is 0 Å². The molecule has 1 aliphatic rings. The Balaban J connectivity index is 1.98. The second-order valence-corrected chi connectivity index (χ2v) is 4.78. The lowest BCUT2D eigenvalue weighted by molar-refractivity contribution is 0.0314. The van der Waals surface area contributed by atoms with Gasteiger partial charge < -0.3 is 20.5 Å². The minimum Gasteiger partial charge on any atom is -0.476 e. The van der Waals surface area contributed by atoms with Gasteiger partial charge >= 0.3 is 0 Å². The highest BCUT2D eigenvalue weighted by atomic mass is 16.5. The average Bonchev–Trinajstić information content (AvgIpc) is 2.78. The SMILES string of the molecule is CCOc1nc(NCC2(C)CCCO2)ccc1N. The predicted octanol–water partition coefficient (Wildman–Crippen LogP) is 2.04. The maximum Gasteiger partial charge on any atom is 0.239 e. The zero-order valence-electron chi connectivity index (χ0n) is 11.0. The highest BCUT2D eigenvalue weighted by molar-refractivity contribution is 5.53. The summed E-state index contributed by atoms with van der Waals surface area (Å²) in [5, 5.41) is 3.28. The summed E-state index contributed by atoms with van der Waals surface area (Å²) in [4.78, 5) is 4.34. The van der Waals surface area contributed by atoms with E-state index in [9.17, 15) is 0 Å². The van der Waals surface area contributed by atoms with Crippen LogP contribution in [0.4, 0.5) is 11.5 Å². The molecule has 1 unspecified atom stereocenters. The van der Waals surface area contributed by atoms with Crippen molar-refractivity contribution in [2.75, 3.05) is 30.8 Å². The second-order valence-electron chi connectivity index (χ2n) is 4.78. The largest absolute Gasteiger partial charge is 0.476 e. The highest BCUT2D eigenvalue weighted by Gasteiger charge is 2.29. The molecule has 5 nitrogen and oxygen atoms in total. The molecule has 3 N–H and O–H groups in total. The van der Waals surface area contributed by atoms with Crippen LogP contribution in [0.3, 0.4) is 0 Å². The first kappa shape index (κ1) is 13.0. The van der Waals surface area contributed by atoms with Gasteiger partial charge in [-0.05, 0) is 38.8 Å². The van der Waals surface area contributed by atoms with Crippen molar-refractivity contribution in [1.82, 2.24) is 4.98 Å². The summed E-state index contributed by atoms with van der Waals surface area (Å²) in [6.07, 6.45) is 2.20. The molecular weight excluding hydrogens is 230 g/mol. The van der Waals surface area contributed by atoms with Crippen molar-refractivity contribution in [3.63, 3.8) is 0 Å². The third-order valence-electron chi connectivity index (χ3n) is 3.11. The topological polar surface area (TPSA) is 69.4 Å². The van der Waals surface area contributed by atoms with Crippen LogP contribution in [0.25, 0.3) is 0 Å². The Labute approximate surface area is 108 Å². The maximum atomic E-state index is 5.78. The van der Waals surface area contributed by atoms with Gasteiger partial charge in [-0.1, -0.05) is 0 Å². The molecular formula is C13H21N3O2. The summed E-state index contributed by atoms with van der Waals surface area (Å²) in [6, 6.07) is 3.66. The molecule has 5 heteroatoms. The molecule has 0 aliphatic carbocycles. The minimum absolute atomic E-state index is 0.0884. The van der Waals surface area contributed by atoms with Crippen molar-refractivity contribution in [2.45, 2.75) is 32.3 Å². The number of rotatable bonds is 5. The molecule has 2 rings (SSSR count). The zero-order valence-corrected chi connectivity index (χ0v) is 11.0. The Morgan fingerprint density at radius 3 is 3.06 bits per heavy atom. The van der Waals surface area contributed by atoms with Crippen LogP contribution in [0, 0.1) is 0 Å². The van der Waals surface area contributed by atoms with Crippen LogP contribution in [0.2, 0.25) is 0 Å². The summed E-state index contributed by atoms with van der Waals surface area (Å²) in [5.41, 5.74) is 6.25. The Bertz CT molecular complexity index is 403. The van der Waals surface area contributed by atoms with Crippen molar-refractivity contribution in [3.8, 4) is 5.88 Å². The Morgan fingerprint density at radius 1 is 1.56 bits per heavy atom. The summed E-state index contributed by atoms with van der Waals surface area (Å²) in [7, 11) is 0. The van der Waals surface area contributed by atoms with E-state index in [0.717, 1.165) is 31.8 Å². The third-order valence-corrected chi connectivity index (χ3v) is 3.11. The number of pyridine rings is 1. The molecule has 0 radical (unpaired) electrons. The van der Waals surface area contributed by atoms with Gasteiger partial charge in [0.2, 0.25) is 5.88 Å². The van der Waals surface area contributed by atoms with Crippen LogP contribution in [0.5, 0.6) is 5.88 Å². The molecule has 2 heterocycles. The number of hydrogen-bond donors (Lipinski definition) is 2. The fourth-order valence-corrected chi connectivity index (χ4v) is 2.06. The third kappa shape index (κ3) is 3.04. The van der Waals surface area contributed by atoms with E-state index in [1.165, 1.54) is 0 Å². The van der Waals surface area contributed by atoms with Crippen LogP contribution in [0.1, 0.15) is 26.7 Å². The Morgan fingerprint density at radius 2 is 2.39 bits per heavy atom. The van der Waals surface area contributed by atoms with Crippen LogP contribution >= 0.6 is 0 Å². The van der Waals surface area contributed by atoms with Gasteiger partial charge in [0.25, 0.3) is 0 Å². The van der Waals surface area contributed by atoms with E-state index in [1.54, 1.807) is 6.07 Å². The van der Waals surface area contributed by atoms with Crippen molar-refractivity contribution in [1.29, 1.82) is 0 Å². The van der Waals surface area contributed by atoms with Crippen LogP contribution in [0.15, 0.2) is 12.1 Å². The minimum atomic E-state index is -0.0884. The van der Waals surface area contributed by atoms with E-state index in [-0.39, 0.29) is 5.60 Å². The maximum absolute atomic E-state index is 5.78. The number of anilines is 2. The van der Waals surface area contributed by atoms with E-state index >= 15 is 0 Å². The number of hydrogen-bond acceptors (Lipinski definition) is 5. The van der Waals surface area contributed by atoms with Gasteiger partial charge in [0.15, 0.2) is 0 Å². The van der Waals surface area contributed by atoms with Crippen LogP contribution < -0.4 is 15.8 Å². The average molecular weight is 251 g/mol. The molecule has 1 aromatic heterocycles. The number of nitrogens with two attached hydrogens (primary N) is 1. The number of nitrogens with zero attached hydrogens (tertiary/aromatic N) is 1. The fraction of sp³-hybridized carbons (Fsp3) is 0.615. The Hall–Kier alpha value is -1.49. The second kappa shape index (κ2) is 5.44. The smallest absolute Gasteiger partial charge is 0.239 e. The van der Waals surface area contributed by atoms with Crippen LogP contribution in [-0.2, 0) is 4.74 Å². The Kier molecular flexibility index (Phi) is 3.91. The van der Waals surface area contributed by atoms with Gasteiger partial charge in [0, 0.05) is 13.2 Å². The summed E-state index contributed by atoms with van der Waals surface area (Å²) in [5.74, 6) is 1.25. The molecule has 1 aliphatic heterocycles. The van der Waals surface area contributed by atoms with Gasteiger partial charge in [0.1, 0.15) is 5.82 Å². The van der Waals surface area contributed by atoms with E-state index in [1.807, 2.05) is 13.0 Å². The predicted molar refractivity (Wildman–Crippen MR) is 71.9 cm³/mol.